The van der Waals surface area contributed by atoms with Crippen LogP contribution in [0.2, 0.25) is 0 Å². The molecule has 0 spiro atoms. The van der Waals surface area contributed by atoms with Gasteiger partial charge in [-0.05, 0) is 47.9 Å². The average Bonchev–Trinajstić information content (AvgIpc) is 2.55. The zero-order valence-corrected chi connectivity index (χ0v) is 13.7. The first-order valence-electron chi connectivity index (χ1n) is 7.50. The van der Waals surface area contributed by atoms with Crippen molar-refractivity contribution in [3.8, 4) is 5.75 Å². The minimum atomic E-state index is -0.265. The minimum Gasteiger partial charge on any atom is -0.497 e. The third kappa shape index (κ3) is 3.85. The van der Waals surface area contributed by atoms with Crippen LogP contribution >= 0.6 is 11.8 Å². The number of amides is 1. The lowest BCUT2D eigenvalue weighted by molar-refractivity contribution is -0.121. The van der Waals surface area contributed by atoms with Crippen molar-refractivity contribution in [1.82, 2.24) is 5.32 Å². The Morgan fingerprint density at radius 2 is 2.22 bits per heavy atom. The molecule has 0 bridgehead atoms. The summed E-state index contributed by atoms with van der Waals surface area (Å²) in [6.07, 6.45) is 1.09. The van der Waals surface area contributed by atoms with Crippen molar-refractivity contribution in [3.63, 3.8) is 0 Å². The zero-order valence-electron chi connectivity index (χ0n) is 12.8. The van der Waals surface area contributed by atoms with Crippen LogP contribution in [0.5, 0.6) is 5.75 Å². The highest BCUT2D eigenvalue weighted by Gasteiger charge is 2.22. The van der Waals surface area contributed by atoms with Gasteiger partial charge in [-0.3, -0.25) is 4.79 Å². The number of halogens is 1. The molecule has 120 valence electrons. The molecule has 1 aliphatic rings. The molecule has 2 aromatic carbocycles. The maximum Gasteiger partial charge on any atom is 0.224 e. The van der Waals surface area contributed by atoms with Crippen LogP contribution in [0, 0.1) is 5.82 Å². The monoisotopic (exact) mass is 331 g/mol. The van der Waals surface area contributed by atoms with Crippen LogP contribution < -0.4 is 10.1 Å². The highest BCUT2D eigenvalue weighted by molar-refractivity contribution is 7.99. The fourth-order valence-electron chi connectivity index (χ4n) is 2.73. The summed E-state index contributed by atoms with van der Waals surface area (Å²) in [5, 5.41) is 3.03. The number of hydrogen-bond acceptors (Lipinski definition) is 3. The van der Waals surface area contributed by atoms with E-state index < -0.39 is 0 Å². The number of carbonyl (C=O) groups excluding carboxylic acids is 1. The third-order valence-corrected chi connectivity index (χ3v) is 4.97. The first-order chi connectivity index (χ1) is 11.2. The molecule has 0 aromatic heterocycles. The van der Waals surface area contributed by atoms with Gasteiger partial charge in [0.25, 0.3) is 0 Å². The SMILES string of the molecule is COc1cccc(CC(=O)NC2CCSc3ccc(F)cc32)c1. The third-order valence-electron chi connectivity index (χ3n) is 3.85. The highest BCUT2D eigenvalue weighted by atomic mass is 32.2. The van der Waals surface area contributed by atoms with Crippen molar-refractivity contribution in [2.45, 2.75) is 23.8 Å². The van der Waals surface area contributed by atoms with Crippen LogP contribution in [0.15, 0.2) is 47.4 Å². The van der Waals surface area contributed by atoms with Crippen molar-refractivity contribution in [2.75, 3.05) is 12.9 Å². The van der Waals surface area contributed by atoms with E-state index >= 15 is 0 Å². The van der Waals surface area contributed by atoms with Crippen molar-refractivity contribution >= 4 is 17.7 Å². The van der Waals surface area contributed by atoms with Gasteiger partial charge in [-0.2, -0.15) is 0 Å². The molecule has 1 unspecified atom stereocenters. The van der Waals surface area contributed by atoms with E-state index in [1.165, 1.54) is 12.1 Å². The van der Waals surface area contributed by atoms with Crippen LogP contribution in [-0.4, -0.2) is 18.8 Å². The van der Waals surface area contributed by atoms with E-state index in [1.807, 2.05) is 24.3 Å². The first kappa shape index (κ1) is 15.9. The summed E-state index contributed by atoms with van der Waals surface area (Å²) in [6, 6.07) is 12.1. The molecule has 1 aliphatic heterocycles. The fourth-order valence-corrected chi connectivity index (χ4v) is 3.83. The van der Waals surface area contributed by atoms with E-state index in [0.29, 0.717) is 0 Å². The molecule has 2 aromatic rings. The summed E-state index contributed by atoms with van der Waals surface area (Å²) >= 11 is 1.70. The van der Waals surface area contributed by atoms with Gasteiger partial charge in [0.1, 0.15) is 11.6 Å². The summed E-state index contributed by atoms with van der Waals surface area (Å²) in [5.74, 6) is 1.32. The van der Waals surface area contributed by atoms with Gasteiger partial charge in [0, 0.05) is 10.6 Å². The maximum absolute atomic E-state index is 13.5. The normalized spacial score (nSPS) is 16.5. The first-order valence-corrected chi connectivity index (χ1v) is 8.49. The Hall–Kier alpha value is -2.01. The number of ether oxygens (including phenoxy) is 1. The van der Waals surface area contributed by atoms with Crippen molar-refractivity contribution < 1.29 is 13.9 Å². The Kier molecular flexibility index (Phi) is 4.86. The van der Waals surface area contributed by atoms with E-state index in [9.17, 15) is 9.18 Å². The summed E-state index contributed by atoms with van der Waals surface area (Å²) in [7, 11) is 1.60. The molecule has 3 rings (SSSR count). The van der Waals surface area contributed by atoms with Crippen LogP contribution in [0.1, 0.15) is 23.6 Å². The second kappa shape index (κ2) is 7.04. The molecule has 1 N–H and O–H groups in total. The Morgan fingerprint density at radius 3 is 3.04 bits per heavy atom. The summed E-state index contributed by atoms with van der Waals surface area (Å²) in [4.78, 5) is 13.4. The van der Waals surface area contributed by atoms with Gasteiger partial charge in [-0.25, -0.2) is 4.39 Å². The van der Waals surface area contributed by atoms with Crippen LogP contribution in [0.4, 0.5) is 4.39 Å². The van der Waals surface area contributed by atoms with Gasteiger partial charge in [0.15, 0.2) is 0 Å². The number of methoxy groups -OCH3 is 1. The topological polar surface area (TPSA) is 38.3 Å². The van der Waals surface area contributed by atoms with E-state index in [1.54, 1.807) is 24.9 Å². The molecular formula is C18H18FNO2S. The predicted molar refractivity (Wildman–Crippen MR) is 89.3 cm³/mol. The smallest absolute Gasteiger partial charge is 0.224 e. The van der Waals surface area contributed by atoms with Gasteiger partial charge in [-0.15, -0.1) is 11.8 Å². The van der Waals surface area contributed by atoms with Gasteiger partial charge in [0.2, 0.25) is 5.91 Å². The Labute approximate surface area is 139 Å². The number of rotatable bonds is 4. The minimum absolute atomic E-state index is 0.0645. The number of carbonyl (C=O) groups is 1. The molecule has 1 heterocycles. The summed E-state index contributed by atoms with van der Waals surface area (Å²) in [5.41, 5.74) is 1.77. The standard InChI is InChI=1S/C18H18FNO2S/c1-22-14-4-2-3-12(9-14)10-18(21)20-16-7-8-23-17-6-5-13(19)11-15(16)17/h2-6,9,11,16H,7-8,10H2,1H3,(H,20,21). The molecule has 23 heavy (non-hydrogen) atoms. The Bertz CT molecular complexity index is 720. The molecule has 0 saturated carbocycles. The molecule has 0 fully saturated rings. The van der Waals surface area contributed by atoms with Crippen LogP contribution in [-0.2, 0) is 11.2 Å². The highest BCUT2D eigenvalue weighted by Crippen LogP contribution is 2.36. The van der Waals surface area contributed by atoms with E-state index in [0.717, 1.165) is 33.9 Å². The molecule has 3 nitrogen and oxygen atoms in total. The number of benzene rings is 2. The molecule has 0 saturated heterocycles. The van der Waals surface area contributed by atoms with E-state index in [4.69, 9.17) is 4.74 Å². The number of nitrogens with one attached hydrogen (secondary N) is 1. The van der Waals surface area contributed by atoms with Crippen molar-refractivity contribution in [3.05, 3.63) is 59.4 Å². The van der Waals surface area contributed by atoms with E-state index in [-0.39, 0.29) is 24.2 Å². The fraction of sp³-hybridized carbons (Fsp3) is 0.278. The average molecular weight is 331 g/mol. The van der Waals surface area contributed by atoms with Crippen LogP contribution in [0.3, 0.4) is 0 Å². The largest absolute Gasteiger partial charge is 0.497 e. The molecule has 5 heteroatoms. The quantitative estimate of drug-likeness (QED) is 0.928. The molecule has 1 amide bonds. The number of hydrogen-bond donors (Lipinski definition) is 1. The second-order valence-electron chi connectivity index (χ2n) is 5.47. The van der Waals surface area contributed by atoms with Gasteiger partial charge in [0.05, 0.1) is 19.6 Å². The second-order valence-corrected chi connectivity index (χ2v) is 6.60. The Morgan fingerprint density at radius 1 is 1.35 bits per heavy atom. The van der Waals surface area contributed by atoms with Gasteiger partial charge < -0.3 is 10.1 Å². The van der Waals surface area contributed by atoms with Gasteiger partial charge in [-0.1, -0.05) is 12.1 Å². The lowest BCUT2D eigenvalue weighted by atomic mass is 10.0. The summed E-state index contributed by atoms with van der Waals surface area (Å²) < 4.78 is 18.7. The molecule has 0 radical (unpaired) electrons. The lowest BCUT2D eigenvalue weighted by Gasteiger charge is -2.26. The number of fused-ring (bicyclic) bond motifs is 1. The molecule has 1 atom stereocenters. The lowest BCUT2D eigenvalue weighted by Crippen LogP contribution is -2.31. The summed E-state index contributed by atoms with van der Waals surface area (Å²) in [6.45, 7) is 0. The van der Waals surface area contributed by atoms with Crippen molar-refractivity contribution in [1.29, 1.82) is 0 Å². The Balaban J connectivity index is 1.70. The zero-order chi connectivity index (χ0) is 16.2. The van der Waals surface area contributed by atoms with Crippen molar-refractivity contribution in [2.24, 2.45) is 0 Å². The molecule has 0 aliphatic carbocycles. The maximum atomic E-state index is 13.5. The predicted octanol–water partition coefficient (Wildman–Crippen LogP) is 3.73. The van der Waals surface area contributed by atoms with Crippen LogP contribution in [0.25, 0.3) is 0 Å². The molecular weight excluding hydrogens is 313 g/mol. The van der Waals surface area contributed by atoms with Gasteiger partial charge >= 0.3 is 0 Å². The number of thioether (sulfide) groups is 1. The van der Waals surface area contributed by atoms with E-state index in [2.05, 4.69) is 5.32 Å².